The standard InChI is InChI=1S/C23H18BrFN2O2.C15H13FN2/c1-29-23(28)20-12-18(24)13-26-21(20)11-15-5-6-22-17(9-15)7-8-27(22)14-16-3-2-4-19(25)10-16;16-13-3-1-2-11(8-13)10-18-7-6-12-9-14(17)4-5-15(12)18/h2-10,12-13H,11,14H2,1H3;1-9H,10,17H2. The number of carbonyl (C=O) groups excluding carboxylic acids is 1. The van der Waals surface area contributed by atoms with E-state index in [1.807, 2.05) is 67.0 Å². The van der Waals surface area contributed by atoms with Gasteiger partial charge in [-0.15, -0.1) is 0 Å². The van der Waals surface area contributed by atoms with Crippen molar-refractivity contribution >= 4 is 49.4 Å². The van der Waals surface area contributed by atoms with Crippen molar-refractivity contribution in [1.82, 2.24) is 14.1 Å². The third kappa shape index (κ3) is 7.58. The monoisotopic (exact) mass is 692 g/mol. The van der Waals surface area contributed by atoms with Gasteiger partial charge in [0.1, 0.15) is 11.6 Å². The van der Waals surface area contributed by atoms with Crippen molar-refractivity contribution in [1.29, 1.82) is 0 Å². The average molecular weight is 694 g/mol. The number of esters is 1. The zero-order chi connectivity index (χ0) is 32.9. The number of hydrogen-bond donors (Lipinski definition) is 1. The maximum absolute atomic E-state index is 13.5. The smallest absolute Gasteiger partial charge is 0.339 e. The molecule has 0 saturated heterocycles. The van der Waals surface area contributed by atoms with E-state index in [1.165, 1.54) is 19.2 Å². The Morgan fingerprint density at radius 2 is 1.36 bits per heavy atom. The first kappa shape index (κ1) is 31.7. The number of benzene rings is 4. The molecule has 3 heterocycles. The fraction of sp³-hybridized carbons (Fsp3) is 0.105. The van der Waals surface area contributed by atoms with E-state index in [4.69, 9.17) is 10.5 Å². The summed E-state index contributed by atoms with van der Waals surface area (Å²) < 4.78 is 36.4. The van der Waals surface area contributed by atoms with Crippen LogP contribution in [0.3, 0.4) is 0 Å². The molecule has 2 N–H and O–H groups in total. The van der Waals surface area contributed by atoms with Gasteiger partial charge in [0.05, 0.1) is 18.4 Å². The van der Waals surface area contributed by atoms with Crippen LogP contribution in [-0.4, -0.2) is 27.2 Å². The second kappa shape index (κ2) is 14.0. The Morgan fingerprint density at radius 1 is 0.766 bits per heavy atom. The van der Waals surface area contributed by atoms with Crippen LogP contribution in [0.25, 0.3) is 21.8 Å². The summed E-state index contributed by atoms with van der Waals surface area (Å²) in [5.41, 5.74) is 12.7. The number of rotatable bonds is 7. The largest absolute Gasteiger partial charge is 0.465 e. The molecule has 0 fully saturated rings. The second-order valence-electron chi connectivity index (χ2n) is 11.2. The number of nitrogens with zero attached hydrogens (tertiary/aromatic N) is 3. The van der Waals surface area contributed by atoms with Gasteiger partial charge < -0.3 is 19.6 Å². The molecule has 0 unspecified atom stereocenters. The Hall–Kier alpha value is -5.28. The number of halogens is 3. The third-order valence-electron chi connectivity index (χ3n) is 7.83. The molecule has 6 nitrogen and oxygen atoms in total. The molecular weight excluding hydrogens is 662 g/mol. The lowest BCUT2D eigenvalue weighted by atomic mass is 10.0. The van der Waals surface area contributed by atoms with Crippen LogP contribution < -0.4 is 5.73 Å². The van der Waals surface area contributed by atoms with Crippen LogP contribution in [0.4, 0.5) is 14.5 Å². The first-order chi connectivity index (χ1) is 22.7. The lowest BCUT2D eigenvalue weighted by molar-refractivity contribution is 0.0599. The van der Waals surface area contributed by atoms with Crippen LogP contribution in [0.2, 0.25) is 0 Å². The van der Waals surface area contributed by atoms with Gasteiger partial charge >= 0.3 is 5.97 Å². The van der Waals surface area contributed by atoms with Gasteiger partial charge in [0, 0.05) is 64.7 Å². The van der Waals surface area contributed by atoms with Gasteiger partial charge in [-0.3, -0.25) is 4.98 Å². The van der Waals surface area contributed by atoms with E-state index in [1.54, 1.807) is 36.5 Å². The summed E-state index contributed by atoms with van der Waals surface area (Å²) >= 11 is 3.35. The molecule has 0 aliphatic heterocycles. The summed E-state index contributed by atoms with van der Waals surface area (Å²) in [7, 11) is 1.36. The summed E-state index contributed by atoms with van der Waals surface area (Å²) in [6.45, 7) is 1.26. The zero-order valence-corrected chi connectivity index (χ0v) is 27.1. The molecule has 7 aromatic rings. The molecule has 4 aromatic carbocycles. The fourth-order valence-electron chi connectivity index (χ4n) is 5.61. The van der Waals surface area contributed by atoms with Crippen molar-refractivity contribution in [2.24, 2.45) is 0 Å². The number of anilines is 1. The molecule has 0 radical (unpaired) electrons. The molecule has 47 heavy (non-hydrogen) atoms. The number of carbonyl (C=O) groups is 1. The van der Waals surface area contributed by atoms with E-state index in [-0.39, 0.29) is 11.6 Å². The SMILES string of the molecule is COC(=O)c1cc(Br)cnc1Cc1ccc2c(ccn2Cc2cccc(F)c2)c1.Nc1ccc2c(ccn2Cc2cccc(F)c2)c1. The van der Waals surface area contributed by atoms with E-state index >= 15 is 0 Å². The second-order valence-corrected chi connectivity index (χ2v) is 12.1. The summed E-state index contributed by atoms with van der Waals surface area (Å²) in [6, 6.07) is 31.0. The van der Waals surface area contributed by atoms with Crippen LogP contribution in [0.1, 0.15) is 32.7 Å². The number of aromatic nitrogens is 3. The molecule has 0 saturated carbocycles. The van der Waals surface area contributed by atoms with Gasteiger partial charge in [-0.25, -0.2) is 13.6 Å². The Balaban J connectivity index is 0.000000183. The highest BCUT2D eigenvalue weighted by atomic mass is 79.9. The van der Waals surface area contributed by atoms with Crippen LogP contribution in [0, 0.1) is 11.6 Å². The van der Waals surface area contributed by atoms with Gasteiger partial charge in [0.15, 0.2) is 0 Å². The van der Waals surface area contributed by atoms with Crippen molar-refractivity contribution in [2.45, 2.75) is 19.5 Å². The molecule has 0 bridgehead atoms. The number of hydrogen-bond acceptors (Lipinski definition) is 4. The highest BCUT2D eigenvalue weighted by Crippen LogP contribution is 2.24. The summed E-state index contributed by atoms with van der Waals surface area (Å²) in [4.78, 5) is 16.5. The number of nitrogens with two attached hydrogens (primary N) is 1. The van der Waals surface area contributed by atoms with Gasteiger partial charge in [0.25, 0.3) is 0 Å². The number of pyridine rings is 1. The Kier molecular flexibility index (Phi) is 9.45. The number of nitrogen functional groups attached to an aromatic ring is 1. The van der Waals surface area contributed by atoms with Crippen LogP contribution in [0.5, 0.6) is 0 Å². The predicted molar refractivity (Wildman–Crippen MR) is 185 cm³/mol. The molecule has 0 spiro atoms. The maximum atomic E-state index is 13.5. The van der Waals surface area contributed by atoms with Crippen LogP contribution >= 0.6 is 15.9 Å². The van der Waals surface area contributed by atoms with E-state index in [0.29, 0.717) is 30.8 Å². The van der Waals surface area contributed by atoms with Crippen molar-refractivity contribution < 1.29 is 18.3 Å². The normalized spacial score (nSPS) is 11.0. The lowest BCUT2D eigenvalue weighted by Crippen LogP contribution is -2.08. The van der Waals surface area contributed by atoms with Gasteiger partial charge in [-0.1, -0.05) is 30.3 Å². The maximum Gasteiger partial charge on any atom is 0.339 e. The summed E-state index contributed by atoms with van der Waals surface area (Å²) in [6.07, 6.45) is 6.19. The Labute approximate surface area is 279 Å². The Morgan fingerprint density at radius 3 is 1.96 bits per heavy atom. The highest BCUT2D eigenvalue weighted by Gasteiger charge is 2.15. The molecule has 0 atom stereocenters. The van der Waals surface area contributed by atoms with E-state index < -0.39 is 5.97 Å². The molecule has 3 aromatic heterocycles. The first-order valence-electron chi connectivity index (χ1n) is 14.9. The van der Waals surface area contributed by atoms with Crippen molar-refractivity contribution in [2.75, 3.05) is 12.8 Å². The lowest BCUT2D eigenvalue weighted by Gasteiger charge is -2.09. The van der Waals surface area contributed by atoms with Crippen LogP contribution in [0.15, 0.2) is 126 Å². The highest BCUT2D eigenvalue weighted by molar-refractivity contribution is 9.10. The van der Waals surface area contributed by atoms with Crippen molar-refractivity contribution in [3.8, 4) is 0 Å². The number of fused-ring (bicyclic) bond motifs is 2. The number of methoxy groups -OCH3 is 1. The van der Waals surface area contributed by atoms with Crippen molar-refractivity contribution in [3.63, 3.8) is 0 Å². The predicted octanol–water partition coefficient (Wildman–Crippen LogP) is 8.77. The molecule has 0 amide bonds. The number of ether oxygens (including phenoxy) is 1. The first-order valence-corrected chi connectivity index (χ1v) is 15.7. The zero-order valence-electron chi connectivity index (χ0n) is 25.5. The van der Waals surface area contributed by atoms with E-state index in [0.717, 1.165) is 48.7 Å². The molecule has 236 valence electrons. The Bertz CT molecular complexity index is 2210. The molecule has 9 heteroatoms. The average Bonchev–Trinajstić information content (AvgIpc) is 3.64. The quantitative estimate of drug-likeness (QED) is 0.134. The minimum atomic E-state index is -0.406. The molecular formula is C38H31BrF2N4O2. The molecule has 7 rings (SSSR count). The molecule has 0 aliphatic rings. The van der Waals surface area contributed by atoms with Gasteiger partial charge in [-0.2, -0.15) is 0 Å². The summed E-state index contributed by atoms with van der Waals surface area (Å²) in [5, 5.41) is 2.18. The molecule has 0 aliphatic carbocycles. The van der Waals surface area contributed by atoms with E-state index in [2.05, 4.69) is 36.1 Å². The topological polar surface area (TPSA) is 75.1 Å². The van der Waals surface area contributed by atoms with Gasteiger partial charge in [0.2, 0.25) is 0 Å². The van der Waals surface area contributed by atoms with Gasteiger partial charge in [-0.05, 0) is 111 Å². The van der Waals surface area contributed by atoms with Crippen LogP contribution in [-0.2, 0) is 24.2 Å². The van der Waals surface area contributed by atoms with E-state index in [9.17, 15) is 13.6 Å². The third-order valence-corrected chi connectivity index (χ3v) is 8.26. The minimum absolute atomic E-state index is 0.201. The minimum Gasteiger partial charge on any atom is -0.465 e. The fourth-order valence-corrected chi connectivity index (χ4v) is 5.94. The summed E-state index contributed by atoms with van der Waals surface area (Å²) in [5.74, 6) is -0.839. The van der Waals surface area contributed by atoms with Crippen molar-refractivity contribution in [3.05, 3.63) is 166 Å².